The molecule has 14 heavy (non-hydrogen) atoms. The lowest BCUT2D eigenvalue weighted by Crippen LogP contribution is -2.25. The quantitative estimate of drug-likeness (QED) is 0.562. The summed E-state index contributed by atoms with van der Waals surface area (Å²) in [4.78, 5) is 1.46. The molecule has 80 valence electrons. The van der Waals surface area contributed by atoms with Crippen LogP contribution in [0.15, 0.2) is 0 Å². The zero-order valence-corrected chi connectivity index (χ0v) is 8.39. The first kappa shape index (κ1) is 11.2. The number of alkyl halides is 2. The van der Waals surface area contributed by atoms with Crippen LogP contribution in [0.4, 0.5) is 13.8 Å². The lowest BCUT2D eigenvalue weighted by Gasteiger charge is -2.14. The summed E-state index contributed by atoms with van der Waals surface area (Å²) in [5, 5.41) is 4.38. The third-order valence-electron chi connectivity index (χ3n) is 1.56. The summed E-state index contributed by atoms with van der Waals surface area (Å²) >= 11 is 1.10. The molecule has 0 aromatic carbocycles. The van der Waals surface area contributed by atoms with Crippen molar-refractivity contribution in [3.63, 3.8) is 0 Å². The van der Waals surface area contributed by atoms with Crippen LogP contribution in [0.1, 0.15) is 5.69 Å². The molecule has 0 aliphatic heterocycles. The summed E-state index contributed by atoms with van der Waals surface area (Å²) in [5.41, 5.74) is 3.00. The van der Waals surface area contributed by atoms with E-state index in [0.717, 1.165) is 11.5 Å². The van der Waals surface area contributed by atoms with Crippen molar-refractivity contribution in [2.45, 2.75) is 13.0 Å². The van der Waals surface area contributed by atoms with Crippen molar-refractivity contribution in [3.05, 3.63) is 5.69 Å². The van der Waals surface area contributed by atoms with Crippen LogP contribution in [-0.4, -0.2) is 34.5 Å². The predicted octanol–water partition coefficient (Wildman–Crippen LogP) is 0.521. The number of rotatable bonds is 5. The maximum atomic E-state index is 12.0. The number of nitrogens with zero attached hydrogens (tertiary/aromatic N) is 3. The van der Waals surface area contributed by atoms with E-state index < -0.39 is 6.43 Å². The molecule has 0 bridgehead atoms. The van der Waals surface area contributed by atoms with E-state index in [-0.39, 0.29) is 6.54 Å². The van der Waals surface area contributed by atoms with Gasteiger partial charge in [0.15, 0.2) is 0 Å². The van der Waals surface area contributed by atoms with Gasteiger partial charge in [0.25, 0.3) is 6.43 Å². The maximum absolute atomic E-state index is 12.0. The van der Waals surface area contributed by atoms with Gasteiger partial charge in [0.05, 0.1) is 6.54 Å². The normalized spacial score (nSPS) is 11.3. The van der Waals surface area contributed by atoms with Crippen LogP contribution in [-0.2, 0) is 6.54 Å². The number of nitrogen functional groups attached to an aromatic ring is 1. The van der Waals surface area contributed by atoms with Crippen LogP contribution in [0.25, 0.3) is 0 Å². The van der Waals surface area contributed by atoms with Crippen LogP contribution in [0.3, 0.4) is 0 Å². The molecule has 0 saturated heterocycles. The number of nitrogens with one attached hydrogen (secondary N) is 1. The molecule has 0 atom stereocenters. The summed E-state index contributed by atoms with van der Waals surface area (Å²) in [6.07, 6.45) is -2.35. The van der Waals surface area contributed by atoms with Crippen LogP contribution < -0.4 is 11.3 Å². The molecule has 0 spiro atoms. The third kappa shape index (κ3) is 3.13. The lowest BCUT2D eigenvalue weighted by molar-refractivity contribution is 0.0971. The third-order valence-corrected chi connectivity index (χ3v) is 2.26. The van der Waals surface area contributed by atoms with E-state index in [2.05, 4.69) is 15.0 Å². The molecule has 0 radical (unpaired) electrons. The van der Waals surface area contributed by atoms with Gasteiger partial charge in [-0.15, -0.1) is 5.10 Å². The van der Waals surface area contributed by atoms with Crippen LogP contribution in [0.5, 0.6) is 0 Å². The van der Waals surface area contributed by atoms with Crippen molar-refractivity contribution in [3.8, 4) is 0 Å². The van der Waals surface area contributed by atoms with E-state index in [0.29, 0.717) is 17.2 Å². The van der Waals surface area contributed by atoms with E-state index in [9.17, 15) is 8.78 Å². The molecule has 0 aliphatic rings. The van der Waals surface area contributed by atoms with Gasteiger partial charge < -0.3 is 5.43 Å². The molecule has 1 heterocycles. The van der Waals surface area contributed by atoms with Gasteiger partial charge in [-0.3, -0.25) is 4.90 Å². The molecule has 0 aliphatic carbocycles. The Hall–Kier alpha value is -0.860. The number of hydrogen-bond donors (Lipinski definition) is 2. The monoisotopic (exact) mass is 223 g/mol. The van der Waals surface area contributed by atoms with Gasteiger partial charge in [-0.05, 0) is 7.05 Å². The fourth-order valence-corrected chi connectivity index (χ4v) is 1.46. The largest absolute Gasteiger partial charge is 0.313 e. The van der Waals surface area contributed by atoms with Crippen molar-refractivity contribution in [2.24, 2.45) is 5.84 Å². The summed E-state index contributed by atoms with van der Waals surface area (Å²) in [7, 11) is 1.59. The molecule has 0 amide bonds. The Balaban J connectivity index is 2.51. The highest BCUT2D eigenvalue weighted by Gasteiger charge is 2.12. The van der Waals surface area contributed by atoms with Crippen LogP contribution in [0.2, 0.25) is 0 Å². The second-order valence-corrected chi connectivity index (χ2v) is 3.54. The Bertz CT molecular complexity index is 279. The average Bonchev–Trinajstić information content (AvgIpc) is 2.50. The minimum atomic E-state index is -2.35. The van der Waals surface area contributed by atoms with E-state index in [4.69, 9.17) is 5.84 Å². The average molecular weight is 223 g/mol. The van der Waals surface area contributed by atoms with E-state index in [1.165, 1.54) is 4.90 Å². The summed E-state index contributed by atoms with van der Waals surface area (Å²) in [6, 6.07) is 0. The molecule has 1 rings (SSSR count). The van der Waals surface area contributed by atoms with Gasteiger partial charge in [0.1, 0.15) is 10.7 Å². The molecule has 0 fully saturated rings. The number of hydrazine groups is 1. The van der Waals surface area contributed by atoms with Gasteiger partial charge in [0, 0.05) is 18.1 Å². The first-order valence-electron chi connectivity index (χ1n) is 3.88. The zero-order valence-electron chi connectivity index (χ0n) is 7.57. The molecule has 1 aromatic rings. The van der Waals surface area contributed by atoms with Crippen molar-refractivity contribution in [1.29, 1.82) is 0 Å². The molecule has 8 heteroatoms. The summed E-state index contributed by atoms with van der Waals surface area (Å²) in [5.74, 6) is 5.19. The molecular weight excluding hydrogens is 212 g/mol. The van der Waals surface area contributed by atoms with Crippen molar-refractivity contribution in [1.82, 2.24) is 14.5 Å². The molecule has 0 saturated carbocycles. The Morgan fingerprint density at radius 3 is 2.93 bits per heavy atom. The molecule has 5 nitrogen and oxygen atoms in total. The smallest absolute Gasteiger partial charge is 0.251 e. The highest BCUT2D eigenvalue weighted by molar-refractivity contribution is 7.10. The Morgan fingerprint density at radius 2 is 2.36 bits per heavy atom. The standard InChI is InChI=1S/C6H11F2N5S/c1-13(3-5(7)8)2-4-6(10-9)14-12-11-4/h5,10H,2-3,9H2,1H3. The Morgan fingerprint density at radius 1 is 1.64 bits per heavy atom. The van der Waals surface area contributed by atoms with Crippen molar-refractivity contribution in [2.75, 3.05) is 19.0 Å². The number of aromatic nitrogens is 2. The van der Waals surface area contributed by atoms with E-state index >= 15 is 0 Å². The van der Waals surface area contributed by atoms with Gasteiger partial charge in [-0.1, -0.05) is 4.49 Å². The van der Waals surface area contributed by atoms with Gasteiger partial charge in [-0.25, -0.2) is 14.6 Å². The fourth-order valence-electron chi connectivity index (χ4n) is 0.978. The number of halogens is 2. The predicted molar refractivity (Wildman–Crippen MR) is 50.1 cm³/mol. The highest BCUT2D eigenvalue weighted by Crippen LogP contribution is 2.17. The van der Waals surface area contributed by atoms with Crippen molar-refractivity contribution >= 4 is 16.5 Å². The van der Waals surface area contributed by atoms with E-state index in [1.54, 1.807) is 7.05 Å². The first-order chi connectivity index (χ1) is 6.63. The molecular formula is C6H11F2N5S. The van der Waals surface area contributed by atoms with Gasteiger partial charge in [0.2, 0.25) is 0 Å². The summed E-state index contributed by atoms with van der Waals surface area (Å²) < 4.78 is 27.6. The van der Waals surface area contributed by atoms with Crippen molar-refractivity contribution < 1.29 is 8.78 Å². The second kappa shape index (κ2) is 5.13. The topological polar surface area (TPSA) is 67.1 Å². The molecule has 3 N–H and O–H groups in total. The first-order valence-corrected chi connectivity index (χ1v) is 4.65. The molecule has 1 aromatic heterocycles. The fraction of sp³-hybridized carbons (Fsp3) is 0.667. The lowest BCUT2D eigenvalue weighted by atomic mass is 10.4. The number of nitrogens with two attached hydrogens (primary N) is 1. The minimum Gasteiger partial charge on any atom is -0.313 e. The van der Waals surface area contributed by atoms with Crippen LogP contribution >= 0.6 is 11.5 Å². The highest BCUT2D eigenvalue weighted by atomic mass is 32.1. The van der Waals surface area contributed by atoms with E-state index in [1.807, 2.05) is 0 Å². The summed E-state index contributed by atoms with van der Waals surface area (Å²) in [6.45, 7) is 0.0158. The Kier molecular flexibility index (Phi) is 4.11. The SMILES string of the molecule is CN(Cc1nnsc1NN)CC(F)F. The van der Waals surface area contributed by atoms with Gasteiger partial charge >= 0.3 is 0 Å². The minimum absolute atomic E-state index is 0.290. The number of hydrogen-bond acceptors (Lipinski definition) is 6. The zero-order chi connectivity index (χ0) is 10.6. The second-order valence-electron chi connectivity index (χ2n) is 2.78. The maximum Gasteiger partial charge on any atom is 0.251 e. The molecule has 0 unspecified atom stereocenters. The van der Waals surface area contributed by atoms with Gasteiger partial charge in [-0.2, -0.15) is 0 Å². The number of anilines is 1. The Labute approximate surface area is 84.0 Å². The van der Waals surface area contributed by atoms with Crippen LogP contribution in [0, 0.1) is 0 Å².